The topological polar surface area (TPSA) is 38.3 Å². The van der Waals surface area contributed by atoms with E-state index in [4.69, 9.17) is 4.74 Å². The Hall–Kier alpha value is -1.51. The molecule has 0 aliphatic rings. The third-order valence-corrected chi connectivity index (χ3v) is 1.81. The van der Waals surface area contributed by atoms with Crippen LogP contribution in [0.5, 0.6) is 0 Å². The van der Waals surface area contributed by atoms with Crippen molar-refractivity contribution in [3.05, 3.63) is 36.5 Å². The van der Waals surface area contributed by atoms with E-state index in [1.54, 1.807) is 6.08 Å². The molecule has 0 bridgehead atoms. The monoisotopic (exact) mass is 209 g/mol. The van der Waals surface area contributed by atoms with Gasteiger partial charge in [0.05, 0.1) is 0 Å². The molecule has 1 unspecified atom stereocenters. The summed E-state index contributed by atoms with van der Waals surface area (Å²) in [6.45, 7) is 7.50. The van der Waals surface area contributed by atoms with Gasteiger partial charge in [0.15, 0.2) is 0 Å². The van der Waals surface area contributed by atoms with Gasteiger partial charge < -0.3 is 10.1 Å². The summed E-state index contributed by atoms with van der Waals surface area (Å²) >= 11 is 0. The second-order valence-corrected chi connectivity index (χ2v) is 3.01. The first-order valence-electron chi connectivity index (χ1n) is 5.03. The molecule has 0 aromatic heterocycles. The Morgan fingerprint density at radius 1 is 1.60 bits per heavy atom. The van der Waals surface area contributed by atoms with Gasteiger partial charge in [-0.15, -0.1) is 0 Å². The van der Waals surface area contributed by atoms with Crippen molar-refractivity contribution in [2.45, 2.75) is 26.4 Å². The van der Waals surface area contributed by atoms with Crippen molar-refractivity contribution in [2.24, 2.45) is 0 Å². The van der Waals surface area contributed by atoms with Crippen LogP contribution in [-0.2, 0) is 4.74 Å². The molecule has 0 fully saturated rings. The lowest BCUT2D eigenvalue weighted by Crippen LogP contribution is -2.25. The number of carbonyl (C=O) groups excluding carboxylic acids is 1. The molecule has 15 heavy (non-hydrogen) atoms. The fourth-order valence-corrected chi connectivity index (χ4v) is 1.00. The predicted octanol–water partition coefficient (Wildman–Crippen LogP) is 2.81. The van der Waals surface area contributed by atoms with Crippen molar-refractivity contribution in [3.63, 3.8) is 0 Å². The third kappa shape index (κ3) is 5.73. The van der Waals surface area contributed by atoms with Crippen molar-refractivity contribution in [2.75, 3.05) is 7.05 Å². The van der Waals surface area contributed by atoms with Crippen LogP contribution in [0, 0.1) is 0 Å². The Labute approximate surface area is 91.5 Å². The second-order valence-electron chi connectivity index (χ2n) is 3.01. The number of carbonyl (C=O) groups is 1. The lowest BCUT2D eigenvalue weighted by molar-refractivity contribution is 0.126. The van der Waals surface area contributed by atoms with Gasteiger partial charge in [-0.2, -0.15) is 0 Å². The minimum atomic E-state index is -0.428. The highest BCUT2D eigenvalue weighted by atomic mass is 16.6. The predicted molar refractivity (Wildman–Crippen MR) is 62.7 cm³/mol. The van der Waals surface area contributed by atoms with E-state index < -0.39 is 6.09 Å². The van der Waals surface area contributed by atoms with Crippen LogP contribution in [0.1, 0.15) is 20.3 Å². The van der Waals surface area contributed by atoms with Gasteiger partial charge in [0.25, 0.3) is 0 Å². The van der Waals surface area contributed by atoms with Crippen LogP contribution in [0.2, 0.25) is 0 Å². The zero-order valence-corrected chi connectivity index (χ0v) is 9.62. The minimum Gasteiger partial charge on any atom is -0.442 e. The Morgan fingerprint density at radius 2 is 2.27 bits per heavy atom. The molecular formula is C12H19NO2. The van der Waals surface area contributed by atoms with E-state index in [-0.39, 0.29) is 6.10 Å². The summed E-state index contributed by atoms with van der Waals surface area (Å²) in [4.78, 5) is 11.0. The first kappa shape index (κ1) is 13.5. The van der Waals surface area contributed by atoms with Crippen LogP contribution in [0.15, 0.2) is 36.5 Å². The SMILES string of the molecule is C=C/C=C(\C=C/CC)C(C)OC(=O)NC. The van der Waals surface area contributed by atoms with E-state index >= 15 is 0 Å². The van der Waals surface area contributed by atoms with Crippen molar-refractivity contribution in [1.29, 1.82) is 0 Å². The number of amides is 1. The maximum Gasteiger partial charge on any atom is 0.407 e. The van der Waals surface area contributed by atoms with Crippen LogP contribution in [0.25, 0.3) is 0 Å². The van der Waals surface area contributed by atoms with Crippen molar-refractivity contribution in [3.8, 4) is 0 Å². The molecule has 0 heterocycles. The standard InChI is InChI=1S/C12H19NO2/c1-5-7-9-11(8-6-2)10(3)15-12(14)13-4/h6-10H,2,5H2,1,3-4H3,(H,13,14)/b9-7-,11-8+. The van der Waals surface area contributed by atoms with Crippen LogP contribution in [0.4, 0.5) is 4.79 Å². The molecule has 0 radical (unpaired) electrons. The highest BCUT2D eigenvalue weighted by molar-refractivity contribution is 5.67. The van der Waals surface area contributed by atoms with E-state index in [0.717, 1.165) is 12.0 Å². The third-order valence-electron chi connectivity index (χ3n) is 1.81. The first-order valence-corrected chi connectivity index (χ1v) is 5.03. The maximum absolute atomic E-state index is 11.0. The summed E-state index contributed by atoms with van der Waals surface area (Å²) in [7, 11) is 1.54. The Bertz CT molecular complexity index is 267. The van der Waals surface area contributed by atoms with Crippen LogP contribution < -0.4 is 5.32 Å². The van der Waals surface area contributed by atoms with Crippen LogP contribution in [0.3, 0.4) is 0 Å². The average Bonchev–Trinajstić information content (AvgIpc) is 2.23. The number of rotatable bonds is 5. The summed E-state index contributed by atoms with van der Waals surface area (Å²) in [5, 5.41) is 2.41. The largest absolute Gasteiger partial charge is 0.442 e. The molecule has 0 saturated heterocycles. The molecule has 0 aliphatic carbocycles. The van der Waals surface area contributed by atoms with E-state index in [1.165, 1.54) is 7.05 Å². The number of ether oxygens (including phenoxy) is 1. The average molecular weight is 209 g/mol. The van der Waals surface area contributed by atoms with Gasteiger partial charge in [0, 0.05) is 7.05 Å². The lowest BCUT2D eigenvalue weighted by Gasteiger charge is -2.13. The summed E-state index contributed by atoms with van der Waals surface area (Å²) in [5.41, 5.74) is 0.926. The number of hydrogen-bond donors (Lipinski definition) is 1. The molecule has 3 heteroatoms. The molecule has 0 aromatic carbocycles. The summed E-state index contributed by atoms with van der Waals surface area (Å²) in [5.74, 6) is 0. The van der Waals surface area contributed by atoms with Crippen molar-refractivity contribution >= 4 is 6.09 Å². The quantitative estimate of drug-likeness (QED) is 0.707. The summed E-state index contributed by atoms with van der Waals surface area (Å²) in [6, 6.07) is 0. The van der Waals surface area contributed by atoms with Gasteiger partial charge in [-0.05, 0) is 18.9 Å². The molecule has 0 rings (SSSR count). The maximum atomic E-state index is 11.0. The van der Waals surface area contributed by atoms with Crippen molar-refractivity contribution < 1.29 is 9.53 Å². The lowest BCUT2D eigenvalue weighted by atomic mass is 10.1. The number of allylic oxidation sites excluding steroid dienone is 3. The molecule has 0 aromatic rings. The van der Waals surface area contributed by atoms with Crippen LogP contribution in [-0.4, -0.2) is 19.2 Å². The molecule has 84 valence electrons. The Morgan fingerprint density at radius 3 is 2.73 bits per heavy atom. The van der Waals surface area contributed by atoms with Gasteiger partial charge in [0.2, 0.25) is 0 Å². The fraction of sp³-hybridized carbons (Fsp3) is 0.417. The fourth-order valence-electron chi connectivity index (χ4n) is 1.00. The van der Waals surface area contributed by atoms with E-state index in [9.17, 15) is 4.79 Å². The molecule has 0 aliphatic heterocycles. The van der Waals surface area contributed by atoms with E-state index in [0.29, 0.717) is 0 Å². The van der Waals surface area contributed by atoms with Gasteiger partial charge in [-0.1, -0.05) is 37.8 Å². The normalized spacial score (nSPS) is 13.7. The first-order chi connectivity index (χ1) is 7.15. The van der Waals surface area contributed by atoms with Gasteiger partial charge in [-0.25, -0.2) is 4.79 Å². The molecule has 0 spiro atoms. The Kier molecular flexibility index (Phi) is 7.06. The molecule has 3 nitrogen and oxygen atoms in total. The zero-order chi connectivity index (χ0) is 11.7. The smallest absolute Gasteiger partial charge is 0.407 e. The molecule has 1 N–H and O–H groups in total. The highest BCUT2D eigenvalue weighted by Gasteiger charge is 2.09. The Balaban J connectivity index is 4.49. The van der Waals surface area contributed by atoms with Gasteiger partial charge >= 0.3 is 6.09 Å². The number of nitrogens with one attached hydrogen (secondary N) is 1. The van der Waals surface area contributed by atoms with Gasteiger partial charge in [-0.3, -0.25) is 0 Å². The zero-order valence-electron chi connectivity index (χ0n) is 9.62. The highest BCUT2D eigenvalue weighted by Crippen LogP contribution is 2.09. The summed E-state index contributed by atoms with van der Waals surface area (Å²) < 4.78 is 5.09. The minimum absolute atomic E-state index is 0.272. The number of alkyl carbamates (subject to hydrolysis) is 1. The summed E-state index contributed by atoms with van der Waals surface area (Å²) in [6.07, 6.45) is 7.71. The van der Waals surface area contributed by atoms with E-state index in [1.807, 2.05) is 32.1 Å². The molecule has 1 atom stereocenters. The molecular weight excluding hydrogens is 190 g/mol. The van der Waals surface area contributed by atoms with Crippen LogP contribution >= 0.6 is 0 Å². The molecule has 0 saturated carbocycles. The second kappa shape index (κ2) is 7.85. The van der Waals surface area contributed by atoms with Crippen molar-refractivity contribution in [1.82, 2.24) is 5.32 Å². The number of hydrogen-bond acceptors (Lipinski definition) is 2. The molecule has 1 amide bonds. The van der Waals surface area contributed by atoms with Gasteiger partial charge in [0.1, 0.15) is 6.10 Å². The van der Waals surface area contributed by atoms with E-state index in [2.05, 4.69) is 11.9 Å².